The van der Waals surface area contributed by atoms with Gasteiger partial charge in [-0.15, -0.1) is 0 Å². The van der Waals surface area contributed by atoms with Crippen molar-refractivity contribution in [1.29, 1.82) is 5.26 Å². The van der Waals surface area contributed by atoms with Crippen LogP contribution < -0.4 is 9.47 Å². The maximum atomic E-state index is 12.2. The van der Waals surface area contributed by atoms with E-state index in [1.807, 2.05) is 51.1 Å². The normalized spacial score (nSPS) is 13.7. The molecule has 0 spiro atoms. The van der Waals surface area contributed by atoms with Crippen LogP contribution in [0.2, 0.25) is 0 Å². The summed E-state index contributed by atoms with van der Waals surface area (Å²) < 4.78 is 12.3. The van der Waals surface area contributed by atoms with E-state index in [-0.39, 0.29) is 5.78 Å². The van der Waals surface area contributed by atoms with Gasteiger partial charge in [0.1, 0.15) is 17.6 Å². The van der Waals surface area contributed by atoms with Crippen LogP contribution in [0.4, 0.5) is 0 Å². The first-order chi connectivity index (χ1) is 14.5. The zero-order valence-corrected chi connectivity index (χ0v) is 17.2. The summed E-state index contributed by atoms with van der Waals surface area (Å²) in [7, 11) is 0. The molecule has 2 heterocycles. The Labute approximate surface area is 175 Å². The van der Waals surface area contributed by atoms with Gasteiger partial charge in [0.25, 0.3) is 0 Å². The zero-order chi connectivity index (χ0) is 21.3. The molecule has 5 nitrogen and oxygen atoms in total. The van der Waals surface area contributed by atoms with E-state index in [2.05, 4.69) is 11.1 Å². The molecular formula is C25H22N2O3. The molecule has 1 unspecified atom stereocenters. The van der Waals surface area contributed by atoms with Gasteiger partial charge in [-0.1, -0.05) is 12.1 Å². The Morgan fingerprint density at radius 3 is 2.40 bits per heavy atom. The fourth-order valence-corrected chi connectivity index (χ4v) is 3.79. The second-order valence-corrected chi connectivity index (χ2v) is 7.50. The van der Waals surface area contributed by atoms with Crippen LogP contribution in [-0.2, 0) is 0 Å². The SMILES string of the molecule is Cc1cc(C(Oc2ccc3c(c2C)OCCC3=O)c2ccc(C#N)cc2)cc(C)n1. The Balaban J connectivity index is 1.78. The van der Waals surface area contributed by atoms with Gasteiger partial charge in [0.2, 0.25) is 0 Å². The second-order valence-electron chi connectivity index (χ2n) is 7.50. The summed E-state index contributed by atoms with van der Waals surface area (Å²) in [5.41, 5.74) is 5.72. The van der Waals surface area contributed by atoms with E-state index < -0.39 is 6.10 Å². The molecule has 1 aliphatic rings. The molecule has 1 atom stereocenters. The summed E-state index contributed by atoms with van der Waals surface area (Å²) in [5, 5.41) is 9.13. The van der Waals surface area contributed by atoms with Crippen molar-refractivity contribution in [1.82, 2.24) is 4.98 Å². The van der Waals surface area contributed by atoms with Crippen molar-refractivity contribution < 1.29 is 14.3 Å². The Kier molecular flexibility index (Phi) is 5.24. The molecule has 5 heteroatoms. The summed E-state index contributed by atoms with van der Waals surface area (Å²) in [5.74, 6) is 1.35. The fraction of sp³-hybridized carbons (Fsp3) is 0.240. The minimum absolute atomic E-state index is 0.0925. The molecule has 0 fully saturated rings. The number of ketones is 1. The summed E-state index contributed by atoms with van der Waals surface area (Å²) in [4.78, 5) is 16.7. The molecular weight excluding hydrogens is 376 g/mol. The number of rotatable bonds is 4. The maximum Gasteiger partial charge on any atom is 0.170 e. The largest absolute Gasteiger partial charge is 0.492 e. The van der Waals surface area contributed by atoms with Crippen LogP contribution in [0, 0.1) is 32.1 Å². The lowest BCUT2D eigenvalue weighted by Crippen LogP contribution is -2.17. The average Bonchev–Trinajstić information content (AvgIpc) is 2.73. The van der Waals surface area contributed by atoms with Crippen molar-refractivity contribution in [3.63, 3.8) is 0 Å². The Bertz CT molecular complexity index is 1140. The van der Waals surface area contributed by atoms with Gasteiger partial charge in [0.15, 0.2) is 5.78 Å². The van der Waals surface area contributed by atoms with Crippen molar-refractivity contribution in [2.24, 2.45) is 0 Å². The minimum Gasteiger partial charge on any atom is -0.492 e. The molecule has 0 saturated carbocycles. The lowest BCUT2D eigenvalue weighted by atomic mass is 9.98. The molecule has 0 aliphatic carbocycles. The lowest BCUT2D eigenvalue weighted by Gasteiger charge is -2.25. The highest BCUT2D eigenvalue weighted by Crippen LogP contribution is 2.38. The van der Waals surface area contributed by atoms with Gasteiger partial charge in [0.05, 0.1) is 23.8 Å². The highest BCUT2D eigenvalue weighted by molar-refractivity contribution is 6.00. The Morgan fingerprint density at radius 2 is 1.73 bits per heavy atom. The summed E-state index contributed by atoms with van der Waals surface area (Å²) >= 11 is 0. The standard InChI is InChI=1S/C25H22N2O3/c1-15-12-20(13-16(2)27-15)25(19-6-4-18(14-26)5-7-19)30-23-9-8-21-22(28)10-11-29-24(21)17(23)3/h4-9,12-13,25H,10-11H2,1-3H3. The third-order valence-electron chi connectivity index (χ3n) is 5.23. The smallest absolute Gasteiger partial charge is 0.170 e. The lowest BCUT2D eigenvalue weighted by molar-refractivity contribution is 0.0932. The van der Waals surface area contributed by atoms with Gasteiger partial charge in [-0.3, -0.25) is 9.78 Å². The number of hydrogen-bond donors (Lipinski definition) is 0. The number of aryl methyl sites for hydroxylation is 2. The van der Waals surface area contributed by atoms with E-state index in [1.54, 1.807) is 18.2 Å². The number of nitriles is 1. The molecule has 1 aromatic heterocycles. The van der Waals surface area contributed by atoms with Gasteiger partial charge in [0, 0.05) is 28.9 Å². The maximum absolute atomic E-state index is 12.2. The van der Waals surface area contributed by atoms with Gasteiger partial charge in [-0.25, -0.2) is 0 Å². The van der Waals surface area contributed by atoms with Crippen molar-refractivity contribution in [3.8, 4) is 17.6 Å². The molecule has 0 amide bonds. The first kappa shape index (κ1) is 19.7. The van der Waals surface area contributed by atoms with Crippen molar-refractivity contribution >= 4 is 5.78 Å². The number of benzene rings is 2. The first-order valence-electron chi connectivity index (χ1n) is 9.88. The van der Waals surface area contributed by atoms with E-state index in [0.29, 0.717) is 35.7 Å². The molecule has 150 valence electrons. The van der Waals surface area contributed by atoms with E-state index in [9.17, 15) is 4.79 Å². The number of carbonyl (C=O) groups excluding carboxylic acids is 1. The number of Topliss-reactive ketones (excluding diaryl/α,β-unsaturated/α-hetero) is 1. The molecule has 0 N–H and O–H groups in total. The Morgan fingerprint density at radius 1 is 1.03 bits per heavy atom. The summed E-state index contributed by atoms with van der Waals surface area (Å²) in [6.07, 6.45) is 0.00461. The van der Waals surface area contributed by atoms with Crippen molar-refractivity contribution in [3.05, 3.63) is 87.7 Å². The number of pyridine rings is 1. The van der Waals surface area contributed by atoms with Crippen LogP contribution in [0.25, 0.3) is 0 Å². The highest BCUT2D eigenvalue weighted by atomic mass is 16.5. The van der Waals surface area contributed by atoms with Crippen molar-refractivity contribution in [2.45, 2.75) is 33.3 Å². The highest BCUT2D eigenvalue weighted by Gasteiger charge is 2.24. The number of hydrogen-bond acceptors (Lipinski definition) is 5. The predicted octanol–water partition coefficient (Wildman–Crippen LogP) is 5.01. The predicted molar refractivity (Wildman–Crippen MR) is 113 cm³/mol. The van der Waals surface area contributed by atoms with E-state index in [1.165, 1.54) is 0 Å². The monoisotopic (exact) mass is 398 g/mol. The third kappa shape index (κ3) is 3.77. The van der Waals surface area contributed by atoms with Crippen LogP contribution in [0.5, 0.6) is 11.5 Å². The van der Waals surface area contributed by atoms with Gasteiger partial charge < -0.3 is 9.47 Å². The fourth-order valence-electron chi connectivity index (χ4n) is 3.79. The van der Waals surface area contributed by atoms with Crippen LogP contribution in [-0.4, -0.2) is 17.4 Å². The third-order valence-corrected chi connectivity index (χ3v) is 5.23. The topological polar surface area (TPSA) is 72.2 Å². The molecule has 4 rings (SSSR count). The van der Waals surface area contributed by atoms with Crippen LogP contribution >= 0.6 is 0 Å². The molecule has 1 aliphatic heterocycles. The molecule has 3 aromatic rings. The quantitative estimate of drug-likeness (QED) is 0.618. The average molecular weight is 398 g/mol. The van der Waals surface area contributed by atoms with Crippen LogP contribution in [0.15, 0.2) is 48.5 Å². The van der Waals surface area contributed by atoms with Gasteiger partial charge in [-0.05, 0) is 62.7 Å². The van der Waals surface area contributed by atoms with Gasteiger partial charge >= 0.3 is 0 Å². The number of fused-ring (bicyclic) bond motifs is 1. The van der Waals surface area contributed by atoms with Crippen LogP contribution in [0.1, 0.15) is 56.5 Å². The van der Waals surface area contributed by atoms with E-state index in [0.717, 1.165) is 28.1 Å². The summed E-state index contributed by atoms with van der Waals surface area (Å²) in [6, 6.07) is 17.1. The second kappa shape index (κ2) is 8.00. The molecule has 2 aromatic carbocycles. The first-order valence-corrected chi connectivity index (χ1v) is 9.88. The Hall–Kier alpha value is -3.65. The number of aromatic nitrogens is 1. The van der Waals surface area contributed by atoms with E-state index >= 15 is 0 Å². The van der Waals surface area contributed by atoms with E-state index in [4.69, 9.17) is 14.7 Å². The molecule has 0 bridgehead atoms. The number of nitrogens with zero attached hydrogens (tertiary/aromatic N) is 2. The minimum atomic E-state index is -0.394. The zero-order valence-electron chi connectivity index (χ0n) is 17.2. The molecule has 0 radical (unpaired) electrons. The van der Waals surface area contributed by atoms with Crippen LogP contribution in [0.3, 0.4) is 0 Å². The number of ether oxygens (including phenoxy) is 2. The molecule has 0 saturated heterocycles. The summed E-state index contributed by atoms with van der Waals surface area (Å²) in [6.45, 7) is 6.20. The number of carbonyl (C=O) groups is 1. The van der Waals surface area contributed by atoms with Gasteiger partial charge in [-0.2, -0.15) is 5.26 Å². The molecule has 30 heavy (non-hydrogen) atoms. The van der Waals surface area contributed by atoms with Crippen molar-refractivity contribution in [2.75, 3.05) is 6.61 Å².